The molecule has 0 fully saturated rings. The number of para-hydroxylation sites is 4. The molecule has 0 N–H and O–H groups in total. The van der Waals surface area contributed by atoms with E-state index in [1.54, 1.807) is 0 Å². The van der Waals surface area contributed by atoms with Crippen LogP contribution in [0.1, 0.15) is 99.9 Å². The molecule has 0 atom stereocenters. The highest BCUT2D eigenvalue weighted by molar-refractivity contribution is 6.17. The molecule has 0 unspecified atom stereocenters. The van der Waals surface area contributed by atoms with Crippen molar-refractivity contribution in [2.45, 2.75) is 77.0 Å². The molecule has 7 heterocycles. The van der Waals surface area contributed by atoms with Crippen molar-refractivity contribution in [2.75, 3.05) is 0 Å². The Morgan fingerprint density at radius 2 is 0.508 bits per heavy atom. The minimum atomic E-state index is -0.156. The summed E-state index contributed by atoms with van der Waals surface area (Å²) in [6.45, 7) is 18.4. The molecule has 0 amide bonds. The standard InChI is InChI=1S/C44H32N2O.C41H26N2O2.C35H24N2O/c1-43(2)34-14-8-5-11-27(34)29-19-17-25(24-36(29)43)40-32-13-7-10-16-37(32)45-42(46-40)26-18-22-38-33(23-26)31-21-20-30-28-12-6-9-15-35(28)44(3,4)39(30)41(31)47-38;1-41(2)31-14-6-3-10-24(31)25-19-20-26-30-22-23(18-21-34(30)45-39(26)37(25)41)40-42-32-15-7-4-11-27(32)38(43-40)29-13-9-17-35-36(29)28-12-5-8-16-33(28)44-35;1-35(2)28-14-8-6-12-23(28)24-17-18-25-27-20-22(16-19-30(27)38-33(25)31(24)35)34-36-29-15-9-7-13-26(29)32(37-34)21-10-4-3-5-11-21/h5-24H,1-4H3;3-22H,1-2H3;3-20H,1-2H3. The van der Waals surface area contributed by atoms with Gasteiger partial charge in [0.15, 0.2) is 17.5 Å². The Morgan fingerprint density at radius 3 is 0.962 bits per heavy atom. The van der Waals surface area contributed by atoms with E-state index in [0.717, 1.165) is 171 Å². The lowest BCUT2D eigenvalue weighted by molar-refractivity contribution is 0.619. The molecule has 0 spiro atoms. The normalized spacial score (nSPS) is 14.2. The summed E-state index contributed by atoms with van der Waals surface area (Å²) >= 11 is 0. The van der Waals surface area contributed by atoms with Gasteiger partial charge in [-0.2, -0.15) is 0 Å². The van der Waals surface area contributed by atoms with Gasteiger partial charge in [0.05, 0.1) is 33.6 Å². The molecule has 4 aliphatic rings. The fourth-order valence-corrected chi connectivity index (χ4v) is 22.3. The van der Waals surface area contributed by atoms with Gasteiger partial charge in [0, 0.05) is 131 Å². The third-order valence-electron chi connectivity index (χ3n) is 28.6. The lowest BCUT2D eigenvalue weighted by Gasteiger charge is -2.22. The summed E-state index contributed by atoms with van der Waals surface area (Å²) < 4.78 is 26.1. The third-order valence-corrected chi connectivity index (χ3v) is 28.6. The summed E-state index contributed by atoms with van der Waals surface area (Å²) in [5, 5.41) is 11.9. The van der Waals surface area contributed by atoms with Crippen molar-refractivity contribution in [1.82, 2.24) is 29.9 Å². The highest BCUT2D eigenvalue weighted by atomic mass is 16.3. The summed E-state index contributed by atoms with van der Waals surface area (Å²) in [7, 11) is 0. The van der Waals surface area contributed by atoms with Crippen LogP contribution in [0.25, 0.3) is 233 Å². The number of hydrogen-bond acceptors (Lipinski definition) is 10. The maximum absolute atomic E-state index is 6.66. The fraction of sp³-hybridized carbons (Fsp3) is 0.100. The van der Waals surface area contributed by atoms with Crippen LogP contribution in [-0.2, 0) is 21.7 Å². The van der Waals surface area contributed by atoms with Gasteiger partial charge in [0.2, 0.25) is 0 Å². The van der Waals surface area contributed by atoms with Gasteiger partial charge >= 0.3 is 0 Å². The van der Waals surface area contributed by atoms with E-state index in [1.807, 2.05) is 66.7 Å². The summed E-state index contributed by atoms with van der Waals surface area (Å²) in [4.78, 5) is 30.8. The number of furan rings is 4. The monoisotopic (exact) mass is 1670 g/mol. The van der Waals surface area contributed by atoms with Crippen molar-refractivity contribution < 1.29 is 17.7 Å². The first kappa shape index (κ1) is 75.3. The van der Waals surface area contributed by atoms with Crippen molar-refractivity contribution in [2.24, 2.45) is 0 Å². The summed E-state index contributed by atoms with van der Waals surface area (Å²) in [6, 6.07) is 124. The molecule has 616 valence electrons. The average Bonchev–Trinajstić information content (AvgIpc) is 1.56. The van der Waals surface area contributed by atoms with E-state index in [1.165, 1.54) is 89.0 Å². The molecular weight excluding hydrogens is 1590 g/mol. The number of fused-ring (bicyclic) bond motifs is 30. The average molecular weight is 1670 g/mol. The predicted molar refractivity (Wildman–Crippen MR) is 531 cm³/mol. The van der Waals surface area contributed by atoms with Crippen LogP contribution in [0.2, 0.25) is 0 Å². The lowest BCUT2D eigenvalue weighted by Crippen LogP contribution is -2.15. The Bertz CT molecular complexity index is 9020. The van der Waals surface area contributed by atoms with Crippen LogP contribution in [0, 0.1) is 0 Å². The van der Waals surface area contributed by atoms with Crippen LogP contribution in [0.3, 0.4) is 0 Å². The molecule has 10 heteroatoms. The number of aromatic nitrogens is 6. The van der Waals surface area contributed by atoms with E-state index in [0.29, 0.717) is 17.5 Å². The molecular formula is C120H82N6O4. The summed E-state index contributed by atoms with van der Waals surface area (Å²) in [5.74, 6) is 2.11. The zero-order chi connectivity index (χ0) is 87.0. The Morgan fingerprint density at radius 1 is 0.185 bits per heavy atom. The van der Waals surface area contributed by atoms with E-state index in [2.05, 4.69) is 341 Å². The Balaban J connectivity index is 0.000000103. The first-order valence-electron chi connectivity index (χ1n) is 44.8. The molecule has 0 saturated carbocycles. The number of benzene rings is 17. The van der Waals surface area contributed by atoms with Crippen LogP contribution >= 0.6 is 0 Å². The lowest BCUT2D eigenvalue weighted by atomic mass is 9.82. The summed E-state index contributed by atoms with van der Waals surface area (Å²) in [6.07, 6.45) is 0. The second-order valence-corrected chi connectivity index (χ2v) is 37.4. The minimum Gasteiger partial charge on any atom is -0.456 e. The van der Waals surface area contributed by atoms with Crippen molar-refractivity contribution in [3.05, 3.63) is 396 Å². The Labute approximate surface area is 748 Å². The maximum Gasteiger partial charge on any atom is 0.160 e. The van der Waals surface area contributed by atoms with E-state index in [9.17, 15) is 0 Å². The molecule has 4 aliphatic carbocycles. The molecule has 0 radical (unpaired) electrons. The van der Waals surface area contributed by atoms with Gasteiger partial charge < -0.3 is 17.7 Å². The zero-order valence-electron chi connectivity index (χ0n) is 72.8. The Kier molecular flexibility index (Phi) is 16.1. The third kappa shape index (κ3) is 11.1. The maximum atomic E-state index is 6.66. The number of rotatable bonds is 6. The Hall–Kier alpha value is -16.0. The molecule has 28 rings (SSSR count). The predicted octanol–water partition coefficient (Wildman–Crippen LogP) is 31.7. The van der Waals surface area contributed by atoms with E-state index in [4.69, 9.17) is 47.6 Å². The van der Waals surface area contributed by atoms with Crippen LogP contribution in [-0.4, -0.2) is 29.9 Å². The smallest absolute Gasteiger partial charge is 0.160 e. The van der Waals surface area contributed by atoms with Gasteiger partial charge in [-0.3, -0.25) is 0 Å². The van der Waals surface area contributed by atoms with Crippen LogP contribution < -0.4 is 0 Å². The van der Waals surface area contributed by atoms with Crippen molar-refractivity contribution in [3.63, 3.8) is 0 Å². The van der Waals surface area contributed by atoms with Crippen molar-refractivity contribution in [1.29, 1.82) is 0 Å². The minimum absolute atomic E-state index is 0.0862. The van der Waals surface area contributed by atoms with Crippen LogP contribution in [0.15, 0.2) is 370 Å². The topological polar surface area (TPSA) is 130 Å². The van der Waals surface area contributed by atoms with E-state index >= 15 is 0 Å². The van der Waals surface area contributed by atoms with Crippen LogP contribution in [0.4, 0.5) is 0 Å². The van der Waals surface area contributed by atoms with Crippen molar-refractivity contribution >= 4 is 120 Å². The molecule has 17 aromatic carbocycles. The number of nitrogens with zero attached hydrogens (tertiary/aromatic N) is 6. The van der Waals surface area contributed by atoms with Gasteiger partial charge in [-0.15, -0.1) is 0 Å². The quantitative estimate of drug-likeness (QED) is 0.159. The molecule has 0 saturated heterocycles. The largest absolute Gasteiger partial charge is 0.456 e. The molecule has 0 bridgehead atoms. The fourth-order valence-electron chi connectivity index (χ4n) is 22.3. The van der Waals surface area contributed by atoms with E-state index in [-0.39, 0.29) is 21.7 Å². The van der Waals surface area contributed by atoms with Gasteiger partial charge in [-0.1, -0.05) is 298 Å². The van der Waals surface area contributed by atoms with Crippen LogP contribution in [0.5, 0.6) is 0 Å². The van der Waals surface area contributed by atoms with Gasteiger partial charge in [-0.25, -0.2) is 29.9 Å². The highest BCUT2D eigenvalue weighted by Crippen LogP contribution is 2.58. The second kappa shape index (κ2) is 27.7. The van der Waals surface area contributed by atoms with E-state index < -0.39 is 0 Å². The first-order chi connectivity index (χ1) is 63.5. The van der Waals surface area contributed by atoms with Gasteiger partial charge in [0.1, 0.15) is 44.7 Å². The molecule has 7 aromatic heterocycles. The molecule has 10 nitrogen and oxygen atoms in total. The zero-order valence-corrected chi connectivity index (χ0v) is 72.8. The SMILES string of the molecule is CC1(C)c2ccccc2-c2ccc(-c3nc(-c4ccc5oc6c7c(ccc6c5c4)-c4ccccc4C7(C)C)nc4ccccc34)cc21.CC1(C)c2ccccc2-c2ccc3c(oc4ccc(-c5nc(-c6cccc7oc8ccccc8c67)c6ccccc6n5)cc43)c21.CC1(C)c2ccccc2-c2ccc3c(oc4ccc(-c5nc(-c6ccccc6)c6ccccc6n5)cc43)c21. The number of hydrogen-bond donors (Lipinski definition) is 0. The molecule has 130 heavy (non-hydrogen) atoms. The first-order valence-corrected chi connectivity index (χ1v) is 44.8. The van der Waals surface area contributed by atoms with Gasteiger partial charge in [0.25, 0.3) is 0 Å². The van der Waals surface area contributed by atoms with Crippen molar-refractivity contribution in [3.8, 4) is 112 Å². The molecule has 24 aromatic rings. The highest BCUT2D eigenvalue weighted by Gasteiger charge is 2.43. The van der Waals surface area contributed by atoms with Gasteiger partial charge in [-0.05, 0) is 182 Å². The summed E-state index contributed by atoms with van der Waals surface area (Å²) in [5.41, 5.74) is 39.2. The second-order valence-electron chi connectivity index (χ2n) is 37.4. The molecule has 0 aliphatic heterocycles.